The van der Waals surface area contributed by atoms with Gasteiger partial charge in [0, 0.05) is 33.5 Å². The van der Waals surface area contributed by atoms with Gasteiger partial charge in [-0.2, -0.15) is 5.10 Å². The number of urea groups is 1. The molecule has 11 heteroatoms. The lowest BCUT2D eigenvalue weighted by Gasteiger charge is -2.14. The zero-order chi connectivity index (χ0) is 26.4. The largest absolute Gasteiger partial charge is 0.493 e. The number of aromatic nitrogens is 2. The number of carbonyl (C=O) groups excluding carboxylic acids is 2. The molecule has 0 radical (unpaired) electrons. The Balaban J connectivity index is 1.46. The maximum absolute atomic E-state index is 13.0. The molecule has 3 N–H and O–H groups in total. The number of methoxy groups -OCH3 is 3. The number of nitrogens with zero attached hydrogens (tertiary/aromatic N) is 2. The Morgan fingerprint density at radius 2 is 1.51 bits per heavy atom. The molecule has 37 heavy (non-hydrogen) atoms. The molecule has 0 fully saturated rings. The molecule has 0 saturated heterocycles. The van der Waals surface area contributed by atoms with Crippen molar-refractivity contribution in [1.82, 2.24) is 9.78 Å². The summed E-state index contributed by atoms with van der Waals surface area (Å²) in [5.74, 6) is 0.936. The smallest absolute Gasteiger partial charge is 0.323 e. The third-order valence-electron chi connectivity index (χ3n) is 5.22. The van der Waals surface area contributed by atoms with Crippen LogP contribution in [0.3, 0.4) is 0 Å². The van der Waals surface area contributed by atoms with Gasteiger partial charge in [-0.3, -0.25) is 4.79 Å². The van der Waals surface area contributed by atoms with Crippen molar-refractivity contribution in [3.05, 3.63) is 83.1 Å². The van der Waals surface area contributed by atoms with Crippen LogP contribution in [0, 0.1) is 0 Å². The summed E-state index contributed by atoms with van der Waals surface area (Å²) in [5, 5.41) is 12.6. The van der Waals surface area contributed by atoms with Crippen molar-refractivity contribution in [2.24, 2.45) is 0 Å². The summed E-state index contributed by atoms with van der Waals surface area (Å²) < 4.78 is 18.4. The Bertz CT molecular complexity index is 1410. The zero-order valence-corrected chi connectivity index (χ0v) is 21.8. The number of hydrogen-bond donors (Lipinski definition) is 3. The summed E-state index contributed by atoms with van der Waals surface area (Å²) in [6.07, 6.45) is 3.17. The van der Waals surface area contributed by atoms with Crippen molar-refractivity contribution >= 4 is 44.9 Å². The van der Waals surface area contributed by atoms with E-state index in [0.29, 0.717) is 45.6 Å². The minimum absolute atomic E-state index is 0.338. The summed E-state index contributed by atoms with van der Waals surface area (Å²) in [7, 11) is 4.52. The van der Waals surface area contributed by atoms with Crippen molar-refractivity contribution in [2.75, 3.05) is 37.3 Å². The highest BCUT2D eigenvalue weighted by Gasteiger charge is 2.16. The molecule has 1 aromatic heterocycles. The Hall–Kier alpha value is -4.51. The number of hydrogen-bond acceptors (Lipinski definition) is 6. The first-order valence-corrected chi connectivity index (χ1v) is 11.8. The maximum Gasteiger partial charge on any atom is 0.323 e. The summed E-state index contributed by atoms with van der Waals surface area (Å²) >= 11 is 3.37. The van der Waals surface area contributed by atoms with Crippen LogP contribution in [-0.2, 0) is 0 Å². The fourth-order valence-electron chi connectivity index (χ4n) is 3.53. The van der Waals surface area contributed by atoms with Gasteiger partial charge in [0.05, 0.1) is 45.1 Å². The van der Waals surface area contributed by atoms with Crippen LogP contribution in [-0.4, -0.2) is 43.0 Å². The standard InChI is InChI=1S/C26H24BrN5O5/c1-35-22-12-19(13-23(36-2)24(22)37-3)29-25(33)16-6-4-9-21(10-16)32-15-20(14-28-32)31-26(34)30-18-8-5-7-17(27)11-18/h4-15H,1-3H3,(H,29,33)(H2,30,31,34). The highest BCUT2D eigenvalue weighted by molar-refractivity contribution is 9.10. The number of anilines is 3. The molecule has 4 aromatic rings. The molecule has 0 saturated carbocycles. The van der Waals surface area contributed by atoms with E-state index in [1.165, 1.54) is 27.5 Å². The summed E-state index contributed by atoms with van der Waals surface area (Å²) in [4.78, 5) is 25.3. The van der Waals surface area contributed by atoms with Crippen LogP contribution in [0.1, 0.15) is 10.4 Å². The van der Waals surface area contributed by atoms with Crippen molar-refractivity contribution in [3.8, 4) is 22.9 Å². The van der Waals surface area contributed by atoms with E-state index in [4.69, 9.17) is 14.2 Å². The van der Waals surface area contributed by atoms with Crippen LogP contribution in [0.2, 0.25) is 0 Å². The highest BCUT2D eigenvalue weighted by atomic mass is 79.9. The van der Waals surface area contributed by atoms with Crippen LogP contribution >= 0.6 is 15.9 Å². The van der Waals surface area contributed by atoms with Gasteiger partial charge in [0.1, 0.15) is 0 Å². The van der Waals surface area contributed by atoms with E-state index in [0.717, 1.165) is 4.47 Å². The van der Waals surface area contributed by atoms with Gasteiger partial charge in [-0.25, -0.2) is 9.48 Å². The fourth-order valence-corrected chi connectivity index (χ4v) is 3.93. The van der Waals surface area contributed by atoms with Crippen LogP contribution in [0.15, 0.2) is 77.5 Å². The first-order chi connectivity index (χ1) is 17.9. The number of ether oxygens (including phenoxy) is 3. The topological polar surface area (TPSA) is 116 Å². The Morgan fingerprint density at radius 3 is 2.19 bits per heavy atom. The maximum atomic E-state index is 13.0. The Morgan fingerprint density at radius 1 is 0.811 bits per heavy atom. The highest BCUT2D eigenvalue weighted by Crippen LogP contribution is 2.40. The molecule has 0 aliphatic rings. The molecule has 0 spiro atoms. The van der Waals surface area contributed by atoms with E-state index in [2.05, 4.69) is 37.0 Å². The second-order valence-corrected chi connectivity index (χ2v) is 8.60. The molecule has 0 aliphatic carbocycles. The van der Waals surface area contributed by atoms with Gasteiger partial charge in [0.2, 0.25) is 5.75 Å². The summed E-state index contributed by atoms with van der Waals surface area (Å²) in [5.41, 5.74) is 2.65. The average Bonchev–Trinajstić information content (AvgIpc) is 3.36. The number of nitrogens with one attached hydrogen (secondary N) is 3. The van der Waals surface area contributed by atoms with Crippen LogP contribution in [0.5, 0.6) is 17.2 Å². The van der Waals surface area contributed by atoms with Gasteiger partial charge in [-0.1, -0.05) is 28.1 Å². The lowest BCUT2D eigenvalue weighted by Crippen LogP contribution is -2.19. The van der Waals surface area contributed by atoms with Crippen LogP contribution in [0.4, 0.5) is 21.9 Å². The third-order valence-corrected chi connectivity index (χ3v) is 5.71. The molecule has 3 aromatic carbocycles. The first-order valence-electron chi connectivity index (χ1n) is 11.0. The lowest BCUT2D eigenvalue weighted by atomic mass is 10.1. The molecule has 0 bridgehead atoms. The quantitative estimate of drug-likeness (QED) is 0.257. The second-order valence-electron chi connectivity index (χ2n) is 7.68. The van der Waals surface area contributed by atoms with Gasteiger partial charge >= 0.3 is 6.03 Å². The van der Waals surface area contributed by atoms with Crippen molar-refractivity contribution < 1.29 is 23.8 Å². The molecule has 4 rings (SSSR count). The van der Waals surface area contributed by atoms with Gasteiger partial charge in [0.15, 0.2) is 11.5 Å². The number of rotatable bonds is 8. The fraction of sp³-hybridized carbons (Fsp3) is 0.115. The van der Waals surface area contributed by atoms with Gasteiger partial charge in [-0.15, -0.1) is 0 Å². The van der Waals surface area contributed by atoms with Crippen LogP contribution < -0.4 is 30.2 Å². The Kier molecular flexibility index (Phi) is 7.94. The molecule has 10 nitrogen and oxygen atoms in total. The minimum atomic E-state index is -0.406. The van der Waals surface area contributed by atoms with Crippen LogP contribution in [0.25, 0.3) is 5.69 Å². The summed E-state index contributed by atoms with van der Waals surface area (Å²) in [6.45, 7) is 0. The predicted molar refractivity (Wildman–Crippen MR) is 144 cm³/mol. The van der Waals surface area contributed by atoms with Crippen molar-refractivity contribution in [3.63, 3.8) is 0 Å². The summed E-state index contributed by atoms with van der Waals surface area (Å²) in [6, 6.07) is 17.1. The van der Waals surface area contributed by atoms with Crippen molar-refractivity contribution in [1.29, 1.82) is 0 Å². The van der Waals surface area contributed by atoms with E-state index < -0.39 is 6.03 Å². The van der Waals surface area contributed by atoms with Gasteiger partial charge in [-0.05, 0) is 36.4 Å². The number of carbonyl (C=O) groups is 2. The predicted octanol–water partition coefficient (Wildman–Crippen LogP) is 5.56. The molecular formula is C26H24BrN5O5. The number of amides is 3. The van der Waals surface area contributed by atoms with E-state index in [9.17, 15) is 9.59 Å². The Labute approximate surface area is 221 Å². The van der Waals surface area contributed by atoms with E-state index in [-0.39, 0.29) is 5.91 Å². The normalized spacial score (nSPS) is 10.4. The second kappa shape index (κ2) is 11.5. The first kappa shape index (κ1) is 25.6. The molecule has 0 atom stereocenters. The van der Waals surface area contributed by atoms with Crippen molar-refractivity contribution in [2.45, 2.75) is 0 Å². The van der Waals surface area contributed by atoms with E-state index in [1.807, 2.05) is 12.1 Å². The molecule has 190 valence electrons. The van der Waals surface area contributed by atoms with E-state index >= 15 is 0 Å². The number of benzene rings is 3. The van der Waals surface area contributed by atoms with Gasteiger partial charge < -0.3 is 30.2 Å². The molecule has 3 amide bonds. The zero-order valence-electron chi connectivity index (χ0n) is 20.2. The average molecular weight is 566 g/mol. The number of halogens is 1. The third kappa shape index (κ3) is 6.19. The molecule has 0 aliphatic heterocycles. The molecule has 1 heterocycles. The molecule has 0 unspecified atom stereocenters. The SMILES string of the molecule is COc1cc(NC(=O)c2cccc(-n3cc(NC(=O)Nc4cccc(Br)c4)cn3)c2)cc(OC)c1OC. The van der Waals surface area contributed by atoms with E-state index in [1.54, 1.807) is 59.4 Å². The lowest BCUT2D eigenvalue weighted by molar-refractivity contribution is 0.102. The molecular weight excluding hydrogens is 542 g/mol. The van der Waals surface area contributed by atoms with Gasteiger partial charge in [0.25, 0.3) is 5.91 Å². The monoisotopic (exact) mass is 565 g/mol. The minimum Gasteiger partial charge on any atom is -0.493 e.